The molecular weight excluding hydrogens is 212 g/mol. The fourth-order valence-corrected chi connectivity index (χ4v) is 1.63. The quantitative estimate of drug-likeness (QED) is 0.637. The first-order chi connectivity index (χ1) is 8.29. The number of fused-ring (bicyclic) bond motifs is 1. The van der Waals surface area contributed by atoms with Gasteiger partial charge in [-0.05, 0) is 13.8 Å². The molecule has 0 atom stereocenters. The molecule has 0 amide bonds. The van der Waals surface area contributed by atoms with E-state index >= 15 is 0 Å². The van der Waals surface area contributed by atoms with Gasteiger partial charge in [0.2, 0.25) is 0 Å². The van der Waals surface area contributed by atoms with Gasteiger partial charge in [0.25, 0.3) is 0 Å². The highest BCUT2D eigenvalue weighted by molar-refractivity contribution is 5.38. The van der Waals surface area contributed by atoms with E-state index in [0.717, 1.165) is 36.4 Å². The van der Waals surface area contributed by atoms with Gasteiger partial charge < -0.3 is 5.32 Å². The lowest BCUT2D eigenvalue weighted by Crippen LogP contribution is -2.14. The molecule has 0 spiro atoms. The predicted molar refractivity (Wildman–Crippen MR) is 67.5 cm³/mol. The molecule has 0 unspecified atom stereocenters. The lowest BCUT2D eigenvalue weighted by Gasteiger charge is -2.02. The van der Waals surface area contributed by atoms with Gasteiger partial charge in [-0.2, -0.15) is 5.10 Å². The third-order valence-corrected chi connectivity index (χ3v) is 2.42. The van der Waals surface area contributed by atoms with Crippen molar-refractivity contribution in [3.63, 3.8) is 0 Å². The molecule has 88 valence electrons. The van der Waals surface area contributed by atoms with Gasteiger partial charge in [0.1, 0.15) is 0 Å². The van der Waals surface area contributed by atoms with Crippen LogP contribution in [-0.4, -0.2) is 21.1 Å². The Bertz CT molecular complexity index is 560. The van der Waals surface area contributed by atoms with Crippen LogP contribution in [0.1, 0.15) is 24.6 Å². The average Bonchev–Trinajstić information content (AvgIpc) is 2.68. The Morgan fingerprint density at radius 3 is 3.18 bits per heavy atom. The highest BCUT2D eigenvalue weighted by Gasteiger charge is 2.00. The summed E-state index contributed by atoms with van der Waals surface area (Å²) >= 11 is 0. The number of rotatable bonds is 4. The van der Waals surface area contributed by atoms with Gasteiger partial charge in [-0.15, -0.1) is 11.8 Å². The maximum Gasteiger partial charge on any atom is 0.155 e. The van der Waals surface area contributed by atoms with E-state index in [4.69, 9.17) is 0 Å². The van der Waals surface area contributed by atoms with E-state index in [1.807, 2.05) is 36.8 Å². The molecule has 0 bridgehead atoms. The molecule has 0 radical (unpaired) electrons. The van der Waals surface area contributed by atoms with Gasteiger partial charge in [0.05, 0.1) is 5.69 Å². The summed E-state index contributed by atoms with van der Waals surface area (Å²) in [5, 5.41) is 7.66. The molecule has 2 aromatic rings. The molecule has 2 rings (SSSR count). The van der Waals surface area contributed by atoms with E-state index in [-0.39, 0.29) is 0 Å². The number of aryl methyl sites for hydroxylation is 1. The molecule has 4 nitrogen and oxygen atoms in total. The first kappa shape index (κ1) is 11.6. The summed E-state index contributed by atoms with van der Waals surface area (Å²) in [4.78, 5) is 4.35. The van der Waals surface area contributed by atoms with Gasteiger partial charge >= 0.3 is 0 Å². The van der Waals surface area contributed by atoms with Crippen molar-refractivity contribution in [3.8, 4) is 11.8 Å². The lowest BCUT2D eigenvalue weighted by atomic mass is 10.3. The molecule has 1 N–H and O–H groups in total. The van der Waals surface area contributed by atoms with E-state index in [2.05, 4.69) is 27.2 Å². The monoisotopic (exact) mass is 228 g/mol. The SMILES string of the molecule is CC#CCCNCc1cnc2cc(C)nn2c1. The highest BCUT2D eigenvalue weighted by atomic mass is 15.2. The minimum absolute atomic E-state index is 0.799. The van der Waals surface area contributed by atoms with Crippen LogP contribution in [0.15, 0.2) is 18.5 Å². The summed E-state index contributed by atoms with van der Waals surface area (Å²) < 4.78 is 1.82. The van der Waals surface area contributed by atoms with Crippen molar-refractivity contribution in [2.75, 3.05) is 6.54 Å². The molecular formula is C13H16N4. The van der Waals surface area contributed by atoms with Crippen LogP contribution >= 0.6 is 0 Å². The summed E-state index contributed by atoms with van der Waals surface area (Å²) in [6.45, 7) is 5.53. The van der Waals surface area contributed by atoms with E-state index in [1.54, 1.807) is 0 Å². The van der Waals surface area contributed by atoms with Crippen LogP contribution in [0.4, 0.5) is 0 Å². The average molecular weight is 228 g/mol. The zero-order valence-electron chi connectivity index (χ0n) is 10.2. The number of hydrogen-bond donors (Lipinski definition) is 1. The summed E-state index contributed by atoms with van der Waals surface area (Å²) in [5.74, 6) is 5.90. The number of nitrogens with one attached hydrogen (secondary N) is 1. The maximum absolute atomic E-state index is 4.35. The topological polar surface area (TPSA) is 42.2 Å². The Morgan fingerprint density at radius 1 is 1.47 bits per heavy atom. The van der Waals surface area contributed by atoms with Crippen LogP contribution in [-0.2, 0) is 6.54 Å². The summed E-state index contributed by atoms with van der Waals surface area (Å²) in [6.07, 6.45) is 4.77. The second-order valence-electron chi connectivity index (χ2n) is 3.90. The van der Waals surface area contributed by atoms with Crippen molar-refractivity contribution in [2.45, 2.75) is 26.8 Å². The molecule has 0 aromatic carbocycles. The predicted octanol–water partition coefficient (Wildman–Crippen LogP) is 1.54. The van der Waals surface area contributed by atoms with E-state index in [9.17, 15) is 0 Å². The smallest absolute Gasteiger partial charge is 0.155 e. The normalized spacial score (nSPS) is 10.2. The van der Waals surface area contributed by atoms with Gasteiger partial charge in [-0.25, -0.2) is 9.50 Å². The van der Waals surface area contributed by atoms with Crippen molar-refractivity contribution >= 4 is 5.65 Å². The van der Waals surface area contributed by atoms with Crippen LogP contribution in [0, 0.1) is 18.8 Å². The molecule has 0 aliphatic carbocycles. The standard InChI is InChI=1S/C13H16N4/c1-3-4-5-6-14-8-12-9-15-13-7-11(2)16-17(13)10-12/h7,9-10,14H,5-6,8H2,1-2H3. The summed E-state index contributed by atoms with van der Waals surface area (Å²) in [7, 11) is 0. The molecule has 0 aliphatic rings. The third kappa shape index (κ3) is 3.05. The minimum atomic E-state index is 0.799. The van der Waals surface area contributed by atoms with Crippen molar-refractivity contribution in [2.24, 2.45) is 0 Å². The van der Waals surface area contributed by atoms with Gasteiger partial charge in [0, 0.05) is 43.5 Å². The Balaban J connectivity index is 1.96. The van der Waals surface area contributed by atoms with E-state index in [0.29, 0.717) is 0 Å². The first-order valence-corrected chi connectivity index (χ1v) is 5.71. The highest BCUT2D eigenvalue weighted by Crippen LogP contribution is 2.04. The van der Waals surface area contributed by atoms with Crippen LogP contribution in [0.3, 0.4) is 0 Å². The van der Waals surface area contributed by atoms with Crippen LogP contribution in [0.2, 0.25) is 0 Å². The van der Waals surface area contributed by atoms with Crippen molar-refractivity contribution in [1.29, 1.82) is 0 Å². The fraction of sp³-hybridized carbons (Fsp3) is 0.385. The Kier molecular flexibility index (Phi) is 3.73. The van der Waals surface area contributed by atoms with Crippen LogP contribution in [0.5, 0.6) is 0 Å². The largest absolute Gasteiger partial charge is 0.312 e. The Hall–Kier alpha value is -1.86. The molecule has 0 aliphatic heterocycles. The summed E-state index contributed by atoms with van der Waals surface area (Å²) in [6, 6.07) is 1.97. The van der Waals surface area contributed by atoms with Gasteiger partial charge in [-0.1, -0.05) is 0 Å². The molecule has 4 heteroatoms. The van der Waals surface area contributed by atoms with Crippen molar-refractivity contribution in [3.05, 3.63) is 29.7 Å². The van der Waals surface area contributed by atoms with Crippen molar-refractivity contribution < 1.29 is 0 Å². The number of aromatic nitrogens is 3. The van der Waals surface area contributed by atoms with E-state index in [1.165, 1.54) is 0 Å². The lowest BCUT2D eigenvalue weighted by molar-refractivity contribution is 0.693. The number of nitrogens with zero attached hydrogens (tertiary/aromatic N) is 3. The zero-order valence-corrected chi connectivity index (χ0v) is 10.2. The Morgan fingerprint density at radius 2 is 2.35 bits per heavy atom. The minimum Gasteiger partial charge on any atom is -0.312 e. The van der Waals surface area contributed by atoms with Crippen molar-refractivity contribution in [1.82, 2.24) is 19.9 Å². The van der Waals surface area contributed by atoms with Gasteiger partial charge in [-0.3, -0.25) is 0 Å². The molecule has 2 heterocycles. The first-order valence-electron chi connectivity index (χ1n) is 5.71. The third-order valence-electron chi connectivity index (χ3n) is 2.42. The molecule has 2 aromatic heterocycles. The second kappa shape index (κ2) is 5.46. The molecule has 0 saturated heterocycles. The number of hydrogen-bond acceptors (Lipinski definition) is 3. The fourth-order valence-electron chi connectivity index (χ4n) is 1.63. The molecule has 17 heavy (non-hydrogen) atoms. The molecule has 0 fully saturated rings. The van der Waals surface area contributed by atoms with Crippen LogP contribution in [0.25, 0.3) is 5.65 Å². The zero-order chi connectivity index (χ0) is 12.1. The summed E-state index contributed by atoms with van der Waals surface area (Å²) in [5.41, 5.74) is 3.01. The maximum atomic E-state index is 4.35. The van der Waals surface area contributed by atoms with Crippen LogP contribution < -0.4 is 5.32 Å². The van der Waals surface area contributed by atoms with E-state index < -0.39 is 0 Å². The second-order valence-corrected chi connectivity index (χ2v) is 3.90. The molecule has 0 saturated carbocycles. The Labute approximate surface area is 101 Å². The van der Waals surface area contributed by atoms with Gasteiger partial charge in [0.15, 0.2) is 5.65 Å².